The topological polar surface area (TPSA) is 81.5 Å². The van der Waals surface area contributed by atoms with Crippen molar-refractivity contribution >= 4 is 17.3 Å². The highest BCUT2D eigenvalue weighted by Crippen LogP contribution is 2.28. The first-order valence-electron chi connectivity index (χ1n) is 7.72. The number of hydrogen-bond acceptors (Lipinski definition) is 4. The first-order valence-corrected chi connectivity index (χ1v) is 7.72. The molecule has 0 bridgehead atoms. The molecule has 1 amide bonds. The quantitative estimate of drug-likeness (QED) is 0.635. The number of carbonyl (C=O) groups is 1. The maximum absolute atomic E-state index is 12.5. The van der Waals surface area contributed by atoms with Gasteiger partial charge in [-0.3, -0.25) is 14.9 Å². The summed E-state index contributed by atoms with van der Waals surface area (Å²) in [5.74, 6) is 0.190. The van der Waals surface area contributed by atoms with E-state index in [2.05, 4.69) is 5.32 Å². The van der Waals surface area contributed by atoms with Gasteiger partial charge in [0.25, 0.3) is 11.6 Å². The Labute approximate surface area is 140 Å². The summed E-state index contributed by atoms with van der Waals surface area (Å²) in [7, 11) is 0. The number of ether oxygens (including phenoxy) is 1. The van der Waals surface area contributed by atoms with Crippen LogP contribution in [-0.4, -0.2) is 17.4 Å². The van der Waals surface area contributed by atoms with Gasteiger partial charge in [0.2, 0.25) is 0 Å². The van der Waals surface area contributed by atoms with Gasteiger partial charge in [-0.2, -0.15) is 0 Å². The van der Waals surface area contributed by atoms with Crippen molar-refractivity contribution in [3.8, 4) is 5.75 Å². The normalized spacial score (nSPS) is 10.3. The summed E-state index contributed by atoms with van der Waals surface area (Å²) in [6, 6.07) is 9.95. The molecule has 0 saturated carbocycles. The van der Waals surface area contributed by atoms with Crippen LogP contribution >= 0.6 is 0 Å². The Balaban J connectivity index is 2.30. The number of aryl methyl sites for hydroxylation is 1. The highest BCUT2D eigenvalue weighted by Gasteiger charge is 2.19. The van der Waals surface area contributed by atoms with Gasteiger partial charge in [0, 0.05) is 17.2 Å². The van der Waals surface area contributed by atoms with Crippen molar-refractivity contribution in [3.63, 3.8) is 0 Å². The largest absolute Gasteiger partial charge is 0.491 e. The molecule has 0 aliphatic heterocycles. The van der Waals surface area contributed by atoms with Crippen LogP contribution in [0.25, 0.3) is 0 Å². The number of hydrogen-bond donors (Lipinski definition) is 1. The van der Waals surface area contributed by atoms with E-state index in [0.717, 1.165) is 12.0 Å². The van der Waals surface area contributed by atoms with E-state index in [0.29, 0.717) is 23.6 Å². The van der Waals surface area contributed by atoms with Crippen LogP contribution in [0.5, 0.6) is 5.75 Å². The fourth-order valence-corrected chi connectivity index (χ4v) is 2.32. The molecule has 126 valence electrons. The Hall–Kier alpha value is -2.89. The molecule has 0 unspecified atom stereocenters. The van der Waals surface area contributed by atoms with Crippen molar-refractivity contribution in [3.05, 3.63) is 63.2 Å². The van der Waals surface area contributed by atoms with Gasteiger partial charge >= 0.3 is 0 Å². The molecule has 0 aliphatic rings. The molecule has 1 N–H and O–H groups in total. The molecule has 0 fully saturated rings. The zero-order valence-corrected chi connectivity index (χ0v) is 14.0. The molecule has 0 spiro atoms. The highest BCUT2D eigenvalue weighted by atomic mass is 16.6. The van der Waals surface area contributed by atoms with Crippen molar-refractivity contribution in [2.75, 3.05) is 11.9 Å². The fraction of sp³-hybridized carbons (Fsp3) is 0.278. The Morgan fingerprint density at radius 1 is 1.25 bits per heavy atom. The molecular formula is C18H20N2O4. The Bertz CT molecular complexity index is 772. The van der Waals surface area contributed by atoms with E-state index in [4.69, 9.17) is 4.74 Å². The number of nitro benzene ring substituents is 1. The second kappa shape index (κ2) is 7.59. The van der Waals surface area contributed by atoms with E-state index in [1.54, 1.807) is 19.1 Å². The van der Waals surface area contributed by atoms with Crippen molar-refractivity contribution in [1.29, 1.82) is 0 Å². The number of nitro groups is 1. The molecule has 0 radical (unpaired) electrons. The molecule has 0 saturated heterocycles. The van der Waals surface area contributed by atoms with Crippen molar-refractivity contribution in [1.82, 2.24) is 0 Å². The third-order valence-electron chi connectivity index (χ3n) is 3.59. The number of carbonyl (C=O) groups excluding carboxylic acids is 1. The second-order valence-corrected chi connectivity index (χ2v) is 5.51. The number of nitrogens with one attached hydrogen (secondary N) is 1. The third-order valence-corrected chi connectivity index (χ3v) is 3.59. The molecule has 2 aromatic carbocycles. The minimum Gasteiger partial charge on any atom is -0.491 e. The van der Waals surface area contributed by atoms with Crippen LogP contribution in [-0.2, 0) is 0 Å². The summed E-state index contributed by atoms with van der Waals surface area (Å²) >= 11 is 0. The average molecular weight is 328 g/mol. The molecule has 6 heteroatoms. The number of rotatable bonds is 6. The van der Waals surface area contributed by atoms with Crippen molar-refractivity contribution < 1.29 is 14.5 Å². The summed E-state index contributed by atoms with van der Waals surface area (Å²) in [5, 5.41) is 13.8. The van der Waals surface area contributed by atoms with E-state index in [9.17, 15) is 14.9 Å². The van der Waals surface area contributed by atoms with Gasteiger partial charge in [-0.1, -0.05) is 19.1 Å². The standard InChI is InChI=1S/C18H20N2O4/c1-4-10-24-17-11-12(2)8-9-15(17)19-18(21)14-6-5-7-16(13(14)3)20(22)23/h5-9,11H,4,10H2,1-3H3,(H,19,21). The van der Waals surface area contributed by atoms with Crippen LogP contribution in [0, 0.1) is 24.0 Å². The van der Waals surface area contributed by atoms with Crippen molar-refractivity contribution in [2.24, 2.45) is 0 Å². The number of amides is 1. The van der Waals surface area contributed by atoms with Gasteiger partial charge < -0.3 is 10.1 Å². The first-order chi connectivity index (χ1) is 11.4. The van der Waals surface area contributed by atoms with Gasteiger partial charge in [0.15, 0.2) is 0 Å². The summed E-state index contributed by atoms with van der Waals surface area (Å²) in [5.41, 5.74) is 2.10. The average Bonchev–Trinajstić information content (AvgIpc) is 2.54. The van der Waals surface area contributed by atoms with Gasteiger partial charge in [-0.05, 0) is 44.0 Å². The van der Waals surface area contributed by atoms with Gasteiger partial charge in [0.1, 0.15) is 5.75 Å². The van der Waals surface area contributed by atoms with Crippen LogP contribution in [0.4, 0.5) is 11.4 Å². The van der Waals surface area contributed by atoms with E-state index >= 15 is 0 Å². The lowest BCUT2D eigenvalue weighted by atomic mass is 10.1. The number of anilines is 1. The monoisotopic (exact) mass is 328 g/mol. The Kier molecular flexibility index (Phi) is 5.52. The third kappa shape index (κ3) is 3.90. The lowest BCUT2D eigenvalue weighted by Gasteiger charge is -2.13. The molecule has 0 aromatic heterocycles. The molecule has 2 aromatic rings. The lowest BCUT2D eigenvalue weighted by molar-refractivity contribution is -0.385. The van der Waals surface area contributed by atoms with Crippen LogP contribution in [0.3, 0.4) is 0 Å². The van der Waals surface area contributed by atoms with Crippen LogP contribution < -0.4 is 10.1 Å². The lowest BCUT2D eigenvalue weighted by Crippen LogP contribution is -2.15. The van der Waals surface area contributed by atoms with Gasteiger partial charge in [0.05, 0.1) is 17.2 Å². The summed E-state index contributed by atoms with van der Waals surface area (Å²) in [6.07, 6.45) is 0.852. The zero-order chi connectivity index (χ0) is 17.7. The highest BCUT2D eigenvalue weighted by molar-refractivity contribution is 6.06. The maximum atomic E-state index is 12.5. The van der Waals surface area contributed by atoms with E-state index < -0.39 is 10.8 Å². The second-order valence-electron chi connectivity index (χ2n) is 5.51. The summed E-state index contributed by atoms with van der Waals surface area (Å²) < 4.78 is 5.67. The molecule has 24 heavy (non-hydrogen) atoms. The smallest absolute Gasteiger partial charge is 0.273 e. The minimum atomic E-state index is -0.492. The number of nitrogens with zero attached hydrogens (tertiary/aromatic N) is 1. The van der Waals surface area contributed by atoms with E-state index in [1.165, 1.54) is 12.1 Å². The molecule has 6 nitrogen and oxygen atoms in total. The summed E-state index contributed by atoms with van der Waals surface area (Å²) in [4.78, 5) is 23.1. The predicted octanol–water partition coefficient (Wildman–Crippen LogP) is 4.25. The predicted molar refractivity (Wildman–Crippen MR) is 92.8 cm³/mol. The summed E-state index contributed by atoms with van der Waals surface area (Å²) in [6.45, 7) is 6.05. The SMILES string of the molecule is CCCOc1cc(C)ccc1NC(=O)c1cccc([N+](=O)[O-])c1C. The minimum absolute atomic E-state index is 0.0750. The fourth-order valence-electron chi connectivity index (χ4n) is 2.32. The molecular weight excluding hydrogens is 308 g/mol. The first kappa shape index (κ1) is 17.5. The van der Waals surface area contributed by atoms with Crippen LogP contribution in [0.2, 0.25) is 0 Å². The van der Waals surface area contributed by atoms with E-state index in [-0.39, 0.29) is 11.3 Å². The molecule has 0 aliphatic carbocycles. The Morgan fingerprint density at radius 2 is 2.00 bits per heavy atom. The van der Waals surface area contributed by atoms with Gasteiger partial charge in [-0.25, -0.2) is 0 Å². The van der Waals surface area contributed by atoms with Crippen LogP contribution in [0.1, 0.15) is 34.8 Å². The zero-order valence-electron chi connectivity index (χ0n) is 14.0. The molecule has 2 rings (SSSR count). The number of benzene rings is 2. The molecule has 0 heterocycles. The maximum Gasteiger partial charge on any atom is 0.273 e. The Morgan fingerprint density at radius 3 is 2.67 bits per heavy atom. The van der Waals surface area contributed by atoms with Crippen LogP contribution in [0.15, 0.2) is 36.4 Å². The van der Waals surface area contributed by atoms with E-state index in [1.807, 2.05) is 26.0 Å². The van der Waals surface area contributed by atoms with Gasteiger partial charge in [-0.15, -0.1) is 0 Å². The molecule has 0 atom stereocenters. The van der Waals surface area contributed by atoms with Crippen molar-refractivity contribution in [2.45, 2.75) is 27.2 Å².